The largest absolute Gasteiger partial charge is 0.304 e. The summed E-state index contributed by atoms with van der Waals surface area (Å²) in [5, 5.41) is 3.79. The average molecular weight is 260 g/mol. The van der Waals surface area contributed by atoms with Gasteiger partial charge in [-0.05, 0) is 39.7 Å². The van der Waals surface area contributed by atoms with Gasteiger partial charge in [0.05, 0.1) is 11.4 Å². The molecular weight excluding hydrogens is 236 g/mol. The van der Waals surface area contributed by atoms with Crippen molar-refractivity contribution in [2.24, 2.45) is 0 Å². The van der Waals surface area contributed by atoms with Crippen molar-refractivity contribution in [3.05, 3.63) is 23.8 Å². The smallest absolute Gasteiger partial charge is 0.0782 e. The number of nitrogens with zero attached hydrogens (tertiary/aromatic N) is 3. The molecule has 0 radical (unpaired) electrons. The first kappa shape index (κ1) is 13.0. The number of hydrogen-bond acceptors (Lipinski definition) is 4. The Morgan fingerprint density at radius 1 is 1.21 bits per heavy atom. The van der Waals surface area contributed by atoms with Crippen molar-refractivity contribution in [2.75, 3.05) is 13.1 Å². The summed E-state index contributed by atoms with van der Waals surface area (Å²) in [6.07, 6.45) is 8.95. The summed E-state index contributed by atoms with van der Waals surface area (Å²) in [6.45, 7) is 6.81. The van der Waals surface area contributed by atoms with Crippen molar-refractivity contribution < 1.29 is 0 Å². The summed E-state index contributed by atoms with van der Waals surface area (Å²) < 4.78 is 0. The molecule has 2 saturated heterocycles. The zero-order valence-corrected chi connectivity index (χ0v) is 12.0. The quantitative estimate of drug-likeness (QED) is 0.903. The Morgan fingerprint density at radius 3 is 2.89 bits per heavy atom. The zero-order chi connectivity index (χ0) is 13.2. The normalized spacial score (nSPS) is 29.2. The lowest BCUT2D eigenvalue weighted by Crippen LogP contribution is -2.45. The third kappa shape index (κ3) is 2.65. The van der Waals surface area contributed by atoms with Crippen LogP contribution in [0.4, 0.5) is 0 Å². The minimum absolute atomic E-state index is 0.292. The van der Waals surface area contributed by atoms with E-state index in [0.29, 0.717) is 12.1 Å². The summed E-state index contributed by atoms with van der Waals surface area (Å²) >= 11 is 0. The molecule has 1 aromatic rings. The molecule has 19 heavy (non-hydrogen) atoms. The van der Waals surface area contributed by atoms with Crippen LogP contribution in [0.5, 0.6) is 0 Å². The van der Waals surface area contributed by atoms with Gasteiger partial charge in [-0.3, -0.25) is 14.9 Å². The standard InChI is InChI=1S/C15H24N4/c1-11-15(17-8-7-16-11)12(2)18-13-6-10-19-9-4-3-5-14(13)19/h7-8,12-14,18H,3-6,9-10H2,1-2H3. The lowest BCUT2D eigenvalue weighted by atomic mass is 9.98. The van der Waals surface area contributed by atoms with E-state index in [2.05, 4.69) is 27.1 Å². The molecule has 2 aliphatic rings. The molecule has 104 valence electrons. The second-order valence-corrected chi connectivity index (χ2v) is 5.91. The summed E-state index contributed by atoms with van der Waals surface area (Å²) in [5.41, 5.74) is 2.14. The van der Waals surface area contributed by atoms with Crippen LogP contribution in [-0.4, -0.2) is 40.0 Å². The van der Waals surface area contributed by atoms with E-state index >= 15 is 0 Å². The number of piperidine rings is 1. The molecule has 3 unspecified atom stereocenters. The van der Waals surface area contributed by atoms with Crippen LogP contribution in [-0.2, 0) is 0 Å². The maximum atomic E-state index is 4.49. The second kappa shape index (κ2) is 5.55. The van der Waals surface area contributed by atoms with Crippen molar-refractivity contribution in [1.82, 2.24) is 20.2 Å². The van der Waals surface area contributed by atoms with Gasteiger partial charge in [0.2, 0.25) is 0 Å². The molecule has 0 aromatic carbocycles. The molecular formula is C15H24N4. The molecule has 2 aliphatic heterocycles. The van der Waals surface area contributed by atoms with E-state index in [1.807, 2.05) is 6.92 Å². The predicted molar refractivity (Wildman–Crippen MR) is 75.9 cm³/mol. The first-order valence-electron chi connectivity index (χ1n) is 7.53. The van der Waals surface area contributed by atoms with E-state index in [9.17, 15) is 0 Å². The summed E-state index contributed by atoms with van der Waals surface area (Å²) in [6, 6.07) is 1.66. The molecule has 3 heterocycles. The first-order chi connectivity index (χ1) is 9.25. The van der Waals surface area contributed by atoms with Crippen LogP contribution in [0.1, 0.15) is 50.0 Å². The van der Waals surface area contributed by atoms with Gasteiger partial charge in [-0.25, -0.2) is 0 Å². The van der Waals surface area contributed by atoms with E-state index in [1.54, 1.807) is 12.4 Å². The molecule has 1 N–H and O–H groups in total. The van der Waals surface area contributed by atoms with Crippen molar-refractivity contribution in [3.8, 4) is 0 Å². The molecule has 0 bridgehead atoms. The van der Waals surface area contributed by atoms with Crippen LogP contribution in [0.3, 0.4) is 0 Å². The maximum absolute atomic E-state index is 4.49. The lowest BCUT2D eigenvalue weighted by molar-refractivity contribution is 0.177. The Bertz CT molecular complexity index is 434. The predicted octanol–water partition coefficient (Wildman–Crippen LogP) is 2.06. The minimum atomic E-state index is 0.292. The first-order valence-corrected chi connectivity index (χ1v) is 7.53. The molecule has 4 heteroatoms. The molecule has 1 aromatic heterocycles. The molecule has 0 aliphatic carbocycles. The lowest BCUT2D eigenvalue weighted by Gasteiger charge is -2.33. The van der Waals surface area contributed by atoms with Crippen molar-refractivity contribution >= 4 is 0 Å². The molecule has 0 spiro atoms. The highest BCUT2D eigenvalue weighted by Gasteiger charge is 2.36. The SMILES string of the molecule is Cc1nccnc1C(C)NC1CCN2CCCCC12. The van der Waals surface area contributed by atoms with E-state index < -0.39 is 0 Å². The van der Waals surface area contributed by atoms with Crippen LogP contribution >= 0.6 is 0 Å². The highest BCUT2D eigenvalue weighted by molar-refractivity contribution is 5.13. The van der Waals surface area contributed by atoms with Crippen molar-refractivity contribution in [2.45, 2.75) is 57.7 Å². The Kier molecular flexibility index (Phi) is 3.80. The van der Waals surface area contributed by atoms with Gasteiger partial charge in [-0.15, -0.1) is 0 Å². The Balaban J connectivity index is 1.67. The molecule has 3 atom stereocenters. The number of fused-ring (bicyclic) bond motifs is 1. The monoisotopic (exact) mass is 260 g/mol. The van der Waals surface area contributed by atoms with Crippen molar-refractivity contribution in [1.29, 1.82) is 0 Å². The van der Waals surface area contributed by atoms with E-state index in [0.717, 1.165) is 17.4 Å². The van der Waals surface area contributed by atoms with Crippen LogP contribution < -0.4 is 5.32 Å². The van der Waals surface area contributed by atoms with Crippen LogP contribution in [0.2, 0.25) is 0 Å². The fraction of sp³-hybridized carbons (Fsp3) is 0.733. The molecule has 3 rings (SSSR count). The Labute approximate surface area is 115 Å². The number of nitrogens with one attached hydrogen (secondary N) is 1. The summed E-state index contributed by atoms with van der Waals surface area (Å²) in [5.74, 6) is 0. The zero-order valence-electron chi connectivity index (χ0n) is 12.0. The molecule has 0 saturated carbocycles. The van der Waals surface area contributed by atoms with E-state index in [-0.39, 0.29) is 0 Å². The molecule has 0 amide bonds. The molecule has 4 nitrogen and oxygen atoms in total. The molecule has 2 fully saturated rings. The highest BCUT2D eigenvalue weighted by Crippen LogP contribution is 2.28. The summed E-state index contributed by atoms with van der Waals surface area (Å²) in [7, 11) is 0. The van der Waals surface area contributed by atoms with Gasteiger partial charge in [-0.2, -0.15) is 0 Å². The average Bonchev–Trinajstić information content (AvgIpc) is 2.83. The van der Waals surface area contributed by atoms with Crippen molar-refractivity contribution in [3.63, 3.8) is 0 Å². The minimum Gasteiger partial charge on any atom is -0.304 e. The van der Waals surface area contributed by atoms with Gasteiger partial charge in [-0.1, -0.05) is 6.42 Å². The van der Waals surface area contributed by atoms with Gasteiger partial charge in [0.15, 0.2) is 0 Å². The maximum Gasteiger partial charge on any atom is 0.0782 e. The summed E-state index contributed by atoms with van der Waals surface area (Å²) in [4.78, 5) is 11.5. The van der Waals surface area contributed by atoms with E-state index in [1.165, 1.54) is 38.8 Å². The third-order valence-corrected chi connectivity index (χ3v) is 4.65. The Morgan fingerprint density at radius 2 is 2.05 bits per heavy atom. The van der Waals surface area contributed by atoms with Gasteiger partial charge < -0.3 is 5.32 Å². The Hall–Kier alpha value is -1.00. The van der Waals surface area contributed by atoms with Crippen LogP contribution in [0.25, 0.3) is 0 Å². The third-order valence-electron chi connectivity index (χ3n) is 4.65. The van der Waals surface area contributed by atoms with E-state index in [4.69, 9.17) is 0 Å². The number of aromatic nitrogens is 2. The van der Waals surface area contributed by atoms with Gasteiger partial charge >= 0.3 is 0 Å². The van der Waals surface area contributed by atoms with Crippen LogP contribution in [0, 0.1) is 6.92 Å². The highest BCUT2D eigenvalue weighted by atomic mass is 15.2. The number of hydrogen-bond donors (Lipinski definition) is 1. The number of aryl methyl sites for hydroxylation is 1. The van der Waals surface area contributed by atoms with Gasteiger partial charge in [0.25, 0.3) is 0 Å². The number of rotatable bonds is 3. The fourth-order valence-electron chi connectivity index (χ4n) is 3.69. The fourth-order valence-corrected chi connectivity index (χ4v) is 3.69. The van der Waals surface area contributed by atoms with Gasteiger partial charge in [0, 0.05) is 37.1 Å². The second-order valence-electron chi connectivity index (χ2n) is 5.91. The topological polar surface area (TPSA) is 41.1 Å². The van der Waals surface area contributed by atoms with Gasteiger partial charge in [0.1, 0.15) is 0 Å². The van der Waals surface area contributed by atoms with Crippen LogP contribution in [0.15, 0.2) is 12.4 Å².